The number of unbranched alkanes of at least 4 members (excludes halogenated alkanes) is 4. The van der Waals surface area contributed by atoms with Crippen molar-refractivity contribution < 1.29 is 4.39 Å². The summed E-state index contributed by atoms with van der Waals surface area (Å²) in [7, 11) is 0. The smallest absolute Gasteiger partial charge is 0.134 e. The van der Waals surface area contributed by atoms with E-state index < -0.39 is 0 Å². The van der Waals surface area contributed by atoms with Gasteiger partial charge in [0.2, 0.25) is 0 Å². The van der Waals surface area contributed by atoms with Crippen molar-refractivity contribution in [2.45, 2.75) is 83.5 Å². The molecule has 0 unspecified atom stereocenters. The van der Waals surface area contributed by atoms with Crippen LogP contribution in [-0.4, -0.2) is 0 Å². The molecule has 1 heteroatoms. The highest BCUT2D eigenvalue weighted by atomic mass is 19.1. The minimum absolute atomic E-state index is 0.0633. The average Bonchev–Trinajstić information content (AvgIpc) is 2.89. The van der Waals surface area contributed by atoms with Gasteiger partial charge in [-0.05, 0) is 97.6 Å². The third-order valence-corrected chi connectivity index (χ3v) is 7.66. The number of benzene rings is 3. The van der Waals surface area contributed by atoms with Gasteiger partial charge in [-0.3, -0.25) is 0 Å². The van der Waals surface area contributed by atoms with Crippen LogP contribution < -0.4 is 0 Å². The van der Waals surface area contributed by atoms with Crippen LogP contribution in [0.5, 0.6) is 0 Å². The molecule has 0 saturated heterocycles. The molecule has 0 radical (unpaired) electrons. The average molecular weight is 467 g/mol. The zero-order valence-electron chi connectivity index (χ0n) is 21.3. The molecular weight excluding hydrogens is 427 g/mol. The second-order valence-corrected chi connectivity index (χ2v) is 10.3. The van der Waals surface area contributed by atoms with Gasteiger partial charge in [0, 0.05) is 16.5 Å². The summed E-state index contributed by atoms with van der Waals surface area (Å²) in [6.45, 7) is 6.11. The van der Waals surface area contributed by atoms with Crippen molar-refractivity contribution in [1.82, 2.24) is 0 Å². The van der Waals surface area contributed by atoms with Gasteiger partial charge in [-0.25, -0.2) is 4.39 Å². The summed E-state index contributed by atoms with van der Waals surface area (Å²) in [6, 6.07) is 18.6. The standard InChI is InChI=1S/C34H39F/c1-3-5-6-7-8-10-31-22-23-32-25-28(17-24-33(32)34(31)35)12-11-27-15-20-30(21-16-27)29-18-13-26(9-4-2)14-19-29/h4,15-17,20-26,29H,2-3,5-10,13-14,18-19H2,1H3. The number of hydrogen-bond donors (Lipinski definition) is 0. The Kier molecular flexibility index (Phi) is 9.19. The predicted molar refractivity (Wildman–Crippen MR) is 148 cm³/mol. The van der Waals surface area contributed by atoms with Gasteiger partial charge in [-0.2, -0.15) is 0 Å². The van der Waals surface area contributed by atoms with Crippen LogP contribution in [0.15, 0.2) is 67.3 Å². The lowest BCUT2D eigenvalue weighted by molar-refractivity contribution is 0.328. The Hall–Kier alpha value is -2.85. The van der Waals surface area contributed by atoms with Crippen LogP contribution in [0.2, 0.25) is 0 Å². The molecule has 35 heavy (non-hydrogen) atoms. The number of halogens is 1. The molecule has 3 aromatic rings. The third-order valence-electron chi connectivity index (χ3n) is 7.66. The molecule has 1 saturated carbocycles. The summed E-state index contributed by atoms with van der Waals surface area (Å²) in [5.74, 6) is 8.01. The second-order valence-electron chi connectivity index (χ2n) is 10.3. The van der Waals surface area contributed by atoms with Crippen LogP contribution in [0, 0.1) is 23.6 Å². The summed E-state index contributed by atoms with van der Waals surface area (Å²) < 4.78 is 15.0. The van der Waals surface area contributed by atoms with Crippen molar-refractivity contribution in [1.29, 1.82) is 0 Å². The molecule has 0 spiro atoms. The molecule has 0 nitrogen and oxygen atoms in total. The zero-order valence-corrected chi connectivity index (χ0v) is 21.3. The Morgan fingerprint density at radius 2 is 1.57 bits per heavy atom. The molecular formula is C34H39F. The van der Waals surface area contributed by atoms with E-state index in [0.29, 0.717) is 11.3 Å². The fourth-order valence-electron chi connectivity index (χ4n) is 5.48. The Labute approximate surface area is 211 Å². The van der Waals surface area contributed by atoms with E-state index >= 15 is 4.39 Å². The van der Waals surface area contributed by atoms with Gasteiger partial charge < -0.3 is 0 Å². The summed E-state index contributed by atoms with van der Waals surface area (Å²) in [4.78, 5) is 0. The van der Waals surface area contributed by atoms with E-state index in [4.69, 9.17) is 0 Å². The quantitative estimate of drug-likeness (QED) is 0.167. The highest BCUT2D eigenvalue weighted by Crippen LogP contribution is 2.37. The van der Waals surface area contributed by atoms with Gasteiger partial charge in [-0.15, -0.1) is 6.58 Å². The monoisotopic (exact) mass is 466 g/mol. The number of allylic oxidation sites excluding steroid dienone is 1. The van der Waals surface area contributed by atoms with E-state index in [1.807, 2.05) is 30.3 Å². The van der Waals surface area contributed by atoms with Crippen LogP contribution in [-0.2, 0) is 6.42 Å². The van der Waals surface area contributed by atoms with Gasteiger partial charge in [-0.1, -0.05) is 80.9 Å². The van der Waals surface area contributed by atoms with Crippen molar-refractivity contribution >= 4 is 10.8 Å². The predicted octanol–water partition coefficient (Wildman–Crippen LogP) is 9.74. The third kappa shape index (κ3) is 6.85. The molecule has 0 bridgehead atoms. The van der Waals surface area contributed by atoms with E-state index in [9.17, 15) is 0 Å². The van der Waals surface area contributed by atoms with Crippen LogP contribution in [0.25, 0.3) is 10.8 Å². The molecule has 0 atom stereocenters. The molecule has 182 valence electrons. The lowest BCUT2D eigenvalue weighted by Gasteiger charge is -2.28. The maximum absolute atomic E-state index is 15.0. The maximum Gasteiger partial charge on any atom is 0.134 e. The Balaban J connectivity index is 1.38. The van der Waals surface area contributed by atoms with Gasteiger partial charge in [0.25, 0.3) is 0 Å². The molecule has 1 fully saturated rings. The highest BCUT2D eigenvalue weighted by molar-refractivity contribution is 5.85. The SMILES string of the molecule is C=CCC1CCC(c2ccc(C#Cc3ccc4c(F)c(CCCCCCC)ccc4c3)cc2)CC1. The van der Waals surface area contributed by atoms with Crippen molar-refractivity contribution in [3.05, 3.63) is 95.3 Å². The maximum atomic E-state index is 15.0. The molecule has 0 heterocycles. The van der Waals surface area contributed by atoms with Crippen molar-refractivity contribution in [3.8, 4) is 11.8 Å². The van der Waals surface area contributed by atoms with Crippen molar-refractivity contribution in [2.75, 3.05) is 0 Å². The molecule has 0 N–H and O–H groups in total. The highest BCUT2D eigenvalue weighted by Gasteiger charge is 2.21. The lowest BCUT2D eigenvalue weighted by Crippen LogP contribution is -2.12. The molecule has 1 aliphatic rings. The first-order valence-electron chi connectivity index (χ1n) is 13.6. The first kappa shape index (κ1) is 25.2. The Morgan fingerprint density at radius 3 is 2.31 bits per heavy atom. The minimum Gasteiger partial charge on any atom is -0.206 e. The van der Waals surface area contributed by atoms with Gasteiger partial charge in [0.15, 0.2) is 0 Å². The Morgan fingerprint density at radius 1 is 0.857 bits per heavy atom. The van der Waals surface area contributed by atoms with Crippen LogP contribution in [0.4, 0.5) is 4.39 Å². The normalized spacial score (nSPS) is 17.7. The van der Waals surface area contributed by atoms with Crippen LogP contribution in [0.3, 0.4) is 0 Å². The van der Waals surface area contributed by atoms with Gasteiger partial charge >= 0.3 is 0 Å². The molecule has 0 aliphatic heterocycles. The second kappa shape index (κ2) is 12.7. The molecule has 4 rings (SSSR count). The minimum atomic E-state index is -0.0633. The first-order chi connectivity index (χ1) is 17.2. The van der Waals surface area contributed by atoms with E-state index in [2.05, 4.69) is 55.7 Å². The molecule has 0 amide bonds. The molecule has 3 aromatic carbocycles. The van der Waals surface area contributed by atoms with Crippen LogP contribution in [0.1, 0.15) is 99.3 Å². The topological polar surface area (TPSA) is 0 Å². The summed E-state index contributed by atoms with van der Waals surface area (Å²) >= 11 is 0. The molecule has 1 aliphatic carbocycles. The molecule has 0 aromatic heterocycles. The Bertz CT molecular complexity index is 1170. The number of fused-ring (bicyclic) bond motifs is 1. The van der Waals surface area contributed by atoms with E-state index in [0.717, 1.165) is 47.3 Å². The van der Waals surface area contributed by atoms with Crippen LogP contribution >= 0.6 is 0 Å². The van der Waals surface area contributed by atoms with Crippen molar-refractivity contribution in [3.63, 3.8) is 0 Å². The fraction of sp³-hybridized carbons (Fsp3) is 0.412. The number of aryl methyl sites for hydroxylation is 1. The van der Waals surface area contributed by atoms with Gasteiger partial charge in [0.1, 0.15) is 5.82 Å². The number of hydrogen-bond acceptors (Lipinski definition) is 0. The number of rotatable bonds is 9. The lowest BCUT2D eigenvalue weighted by atomic mass is 9.77. The largest absolute Gasteiger partial charge is 0.206 e. The van der Waals surface area contributed by atoms with E-state index in [1.54, 1.807) is 0 Å². The van der Waals surface area contributed by atoms with Crippen molar-refractivity contribution in [2.24, 2.45) is 5.92 Å². The summed E-state index contributed by atoms with van der Waals surface area (Å²) in [5.41, 5.74) is 4.23. The first-order valence-corrected chi connectivity index (χ1v) is 13.6. The zero-order chi connectivity index (χ0) is 24.5. The fourth-order valence-corrected chi connectivity index (χ4v) is 5.48. The summed E-state index contributed by atoms with van der Waals surface area (Å²) in [5, 5.41) is 1.63. The van der Waals surface area contributed by atoms with E-state index in [1.165, 1.54) is 56.9 Å². The van der Waals surface area contributed by atoms with E-state index in [-0.39, 0.29) is 5.82 Å². The summed E-state index contributed by atoms with van der Waals surface area (Å²) in [6.07, 6.45) is 15.2. The van der Waals surface area contributed by atoms with Gasteiger partial charge in [0.05, 0.1) is 0 Å².